The Morgan fingerprint density at radius 3 is 2.50 bits per heavy atom. The molecule has 42 heavy (non-hydrogen) atoms. The molecule has 0 spiro atoms. The van der Waals surface area contributed by atoms with Crippen LogP contribution in [-0.4, -0.2) is 41.5 Å². The van der Waals surface area contributed by atoms with Gasteiger partial charge in [0.25, 0.3) is 0 Å². The third-order valence-corrected chi connectivity index (χ3v) is 10.1. The van der Waals surface area contributed by atoms with E-state index in [1.165, 1.54) is 63.3 Å². The van der Waals surface area contributed by atoms with Crippen LogP contribution in [0, 0.1) is 40.4 Å². The minimum absolute atomic E-state index is 0.0363. The Balaban J connectivity index is 1.08. The molecule has 1 aromatic heterocycles. The Morgan fingerprint density at radius 2 is 1.79 bits per heavy atom. The predicted molar refractivity (Wildman–Crippen MR) is 153 cm³/mol. The van der Waals surface area contributed by atoms with Gasteiger partial charge in [0.15, 0.2) is 0 Å². The number of rotatable bonds is 10. The second kappa shape index (κ2) is 11.9. The van der Waals surface area contributed by atoms with Crippen molar-refractivity contribution in [1.29, 1.82) is 5.26 Å². The lowest BCUT2D eigenvalue weighted by molar-refractivity contribution is -0.274. The number of hydrogen-bond acceptors (Lipinski definition) is 8. The van der Waals surface area contributed by atoms with Crippen LogP contribution in [-0.2, 0) is 6.54 Å². The maximum Gasteiger partial charge on any atom is 0.573 e. The molecule has 226 valence electrons. The summed E-state index contributed by atoms with van der Waals surface area (Å²) in [5.74, 6) is 3.27. The lowest BCUT2D eigenvalue weighted by Gasteiger charge is -2.60. The van der Waals surface area contributed by atoms with Gasteiger partial charge >= 0.3 is 6.36 Å². The van der Waals surface area contributed by atoms with E-state index >= 15 is 0 Å². The SMILES string of the molecule is N#Cc1cnc(NCc2ccccc2OC(F)(F)F)nc1NC[C@]12CC3C[C@H](C1)[C@@H](NC[C@H]1CC[C@@H](N)CC1)[C@@H](C3)C2. The van der Waals surface area contributed by atoms with Crippen LogP contribution >= 0.6 is 0 Å². The Kier molecular flexibility index (Phi) is 8.20. The summed E-state index contributed by atoms with van der Waals surface area (Å²) in [6, 6.07) is 9.10. The van der Waals surface area contributed by atoms with Gasteiger partial charge in [0.2, 0.25) is 5.95 Å². The lowest BCUT2D eigenvalue weighted by atomic mass is 9.48. The topological polar surface area (TPSA) is 121 Å². The van der Waals surface area contributed by atoms with Gasteiger partial charge in [0.05, 0.1) is 6.20 Å². The van der Waals surface area contributed by atoms with Crippen LogP contribution in [0.5, 0.6) is 5.75 Å². The van der Waals surface area contributed by atoms with E-state index in [1.54, 1.807) is 12.1 Å². The van der Waals surface area contributed by atoms with Crippen molar-refractivity contribution in [2.45, 2.75) is 82.8 Å². The molecule has 0 amide bonds. The molecule has 5 N–H and O–H groups in total. The van der Waals surface area contributed by atoms with Gasteiger partial charge in [-0.25, -0.2) is 4.98 Å². The molecule has 5 aliphatic rings. The van der Waals surface area contributed by atoms with E-state index in [9.17, 15) is 18.4 Å². The number of nitriles is 1. The highest BCUT2D eigenvalue weighted by Gasteiger charge is 2.55. The van der Waals surface area contributed by atoms with E-state index < -0.39 is 6.36 Å². The molecule has 1 aromatic carbocycles. The summed E-state index contributed by atoms with van der Waals surface area (Å²) in [6.07, 6.45) is 7.58. The highest BCUT2D eigenvalue weighted by Crippen LogP contribution is 2.60. The second-order valence-electron chi connectivity index (χ2n) is 13.1. The number of ether oxygens (including phenoxy) is 1. The van der Waals surface area contributed by atoms with E-state index in [0.29, 0.717) is 40.9 Å². The highest BCUT2D eigenvalue weighted by atomic mass is 19.4. The Labute approximate surface area is 245 Å². The molecule has 2 aromatic rings. The van der Waals surface area contributed by atoms with Crippen LogP contribution in [0.1, 0.15) is 68.9 Å². The molecule has 4 bridgehead atoms. The number of benzene rings is 1. The Bertz CT molecular complexity index is 1270. The molecule has 0 saturated heterocycles. The highest BCUT2D eigenvalue weighted by molar-refractivity contribution is 5.53. The number of alkyl halides is 3. The lowest BCUT2D eigenvalue weighted by Crippen LogP contribution is -2.60. The third-order valence-electron chi connectivity index (χ3n) is 10.1. The van der Waals surface area contributed by atoms with Gasteiger partial charge in [-0.3, -0.25) is 0 Å². The first-order chi connectivity index (χ1) is 20.2. The molecule has 8 nitrogen and oxygen atoms in total. The second-order valence-corrected chi connectivity index (χ2v) is 13.1. The van der Waals surface area contributed by atoms with Crippen LogP contribution in [0.2, 0.25) is 0 Å². The fourth-order valence-electron chi connectivity index (χ4n) is 8.44. The van der Waals surface area contributed by atoms with E-state index in [0.717, 1.165) is 37.8 Å². The summed E-state index contributed by atoms with van der Waals surface area (Å²) in [4.78, 5) is 8.76. The molecule has 11 heteroatoms. The number of nitrogens with one attached hydrogen (secondary N) is 3. The van der Waals surface area contributed by atoms with Gasteiger partial charge in [0, 0.05) is 30.7 Å². The van der Waals surface area contributed by atoms with Crippen molar-refractivity contribution in [2.24, 2.45) is 34.8 Å². The maximum absolute atomic E-state index is 12.8. The minimum atomic E-state index is -4.78. The summed E-state index contributed by atoms with van der Waals surface area (Å²) in [7, 11) is 0. The summed E-state index contributed by atoms with van der Waals surface area (Å²) < 4.78 is 42.6. The normalized spacial score (nSPS) is 31.9. The molecule has 5 saturated carbocycles. The largest absolute Gasteiger partial charge is 0.573 e. The van der Waals surface area contributed by atoms with Crippen LogP contribution in [0.4, 0.5) is 24.9 Å². The third kappa shape index (κ3) is 6.60. The number of halogens is 3. The van der Waals surface area contributed by atoms with E-state index in [2.05, 4.69) is 36.7 Å². The molecule has 7 rings (SSSR count). The first-order valence-corrected chi connectivity index (χ1v) is 15.3. The van der Waals surface area contributed by atoms with Crippen molar-refractivity contribution in [1.82, 2.24) is 15.3 Å². The average Bonchev–Trinajstić information content (AvgIpc) is 2.95. The number of hydrogen-bond donors (Lipinski definition) is 4. The molecule has 1 heterocycles. The summed E-state index contributed by atoms with van der Waals surface area (Å²) in [5.41, 5.74) is 6.96. The zero-order valence-corrected chi connectivity index (χ0v) is 23.8. The molecule has 5 aliphatic carbocycles. The maximum atomic E-state index is 12.8. The quantitative estimate of drug-likeness (QED) is 0.286. The van der Waals surface area contributed by atoms with Crippen LogP contribution < -0.4 is 26.4 Å². The van der Waals surface area contributed by atoms with Crippen molar-refractivity contribution < 1.29 is 17.9 Å². The van der Waals surface area contributed by atoms with Crippen molar-refractivity contribution in [3.8, 4) is 11.8 Å². The number of aromatic nitrogens is 2. The van der Waals surface area contributed by atoms with Crippen LogP contribution in [0.15, 0.2) is 30.5 Å². The van der Waals surface area contributed by atoms with Crippen LogP contribution in [0.3, 0.4) is 0 Å². The van der Waals surface area contributed by atoms with Crippen LogP contribution in [0.25, 0.3) is 0 Å². The van der Waals surface area contributed by atoms with Crippen molar-refractivity contribution in [3.63, 3.8) is 0 Å². The number of anilines is 2. The molecule has 5 fully saturated rings. The zero-order chi connectivity index (χ0) is 29.3. The zero-order valence-electron chi connectivity index (χ0n) is 23.8. The van der Waals surface area contributed by atoms with Gasteiger partial charge in [0.1, 0.15) is 23.2 Å². The molecule has 0 aliphatic heterocycles. The van der Waals surface area contributed by atoms with Gasteiger partial charge in [-0.05, 0) is 99.5 Å². The molecular weight excluding hydrogens is 543 g/mol. The van der Waals surface area contributed by atoms with Gasteiger partial charge in [-0.2, -0.15) is 10.2 Å². The predicted octanol–water partition coefficient (Wildman–Crippen LogP) is 5.57. The fraction of sp³-hybridized carbons (Fsp3) is 0.645. The fourth-order valence-corrected chi connectivity index (χ4v) is 8.44. The first kappa shape index (κ1) is 29.0. The number of nitrogens with two attached hydrogens (primary N) is 1. The Morgan fingerprint density at radius 1 is 1.05 bits per heavy atom. The van der Waals surface area contributed by atoms with Gasteiger partial charge in [-0.15, -0.1) is 13.2 Å². The molecular formula is C31H40F3N7O. The van der Waals surface area contributed by atoms with Crippen molar-refractivity contribution in [2.75, 3.05) is 23.7 Å². The smallest absolute Gasteiger partial charge is 0.405 e. The summed E-state index contributed by atoms with van der Waals surface area (Å²) in [5, 5.41) is 20.2. The van der Waals surface area contributed by atoms with E-state index in [-0.39, 0.29) is 23.7 Å². The number of para-hydroxylation sites is 1. The minimum Gasteiger partial charge on any atom is -0.405 e. The summed E-state index contributed by atoms with van der Waals surface area (Å²) >= 11 is 0. The van der Waals surface area contributed by atoms with Gasteiger partial charge in [-0.1, -0.05) is 18.2 Å². The first-order valence-electron chi connectivity index (χ1n) is 15.3. The standard InChI is InChI=1S/C31H40F3N7O/c32-31(33,34)42-26-4-2-1-3-21(26)16-38-29-39-17-24(14-35)28(41-29)40-18-30-11-20-9-22(12-30)27(23(10-20)13-30)37-15-19-5-7-25(36)8-6-19/h1-4,17,19-20,22-23,25,27,37H,5-13,15-16,18,36H2,(H2,38,39,40,41)/t19-,20?,22-,23+,25+,27-,30-. The van der Waals surface area contributed by atoms with Crippen molar-refractivity contribution >= 4 is 11.8 Å². The Hall–Kier alpha value is -3.10. The number of nitrogens with zero attached hydrogens (tertiary/aromatic N) is 3. The summed E-state index contributed by atoms with van der Waals surface area (Å²) in [6.45, 7) is 1.89. The molecule has 1 unspecified atom stereocenters. The average molecular weight is 584 g/mol. The van der Waals surface area contributed by atoms with E-state index in [1.807, 2.05) is 0 Å². The molecule has 5 atom stereocenters. The monoisotopic (exact) mass is 583 g/mol. The van der Waals surface area contributed by atoms with E-state index in [4.69, 9.17) is 5.73 Å². The van der Waals surface area contributed by atoms with Crippen molar-refractivity contribution in [3.05, 3.63) is 41.6 Å². The molecule has 0 radical (unpaired) electrons. The van der Waals surface area contributed by atoms with Gasteiger partial charge < -0.3 is 26.4 Å².